The molecule has 3 amide bonds. The van der Waals surface area contributed by atoms with Crippen LogP contribution in [0.1, 0.15) is 73.6 Å². The van der Waals surface area contributed by atoms with Crippen molar-refractivity contribution in [3.8, 4) is 5.75 Å². The number of fused-ring (bicyclic) bond motifs is 1. The van der Waals surface area contributed by atoms with E-state index in [9.17, 15) is 32.7 Å². The number of anilines is 1. The van der Waals surface area contributed by atoms with Gasteiger partial charge in [0.1, 0.15) is 5.75 Å². The number of carbonyl (C=O) groups excluding carboxylic acids is 3. The minimum atomic E-state index is -4.47. The molecular formula is C33H44F3N3O6. The minimum Gasteiger partial charge on any atom is -0.490 e. The largest absolute Gasteiger partial charge is 0.490 e. The summed E-state index contributed by atoms with van der Waals surface area (Å²) >= 11 is 0. The lowest BCUT2D eigenvalue weighted by Gasteiger charge is -2.36. The number of ether oxygens (including phenoxy) is 2. The molecule has 0 aromatic heterocycles. The SMILES string of the molecule is C[C@H](CO)N1C[C@H](C)[C@H](CN(C)C(=O)c2ccccc2)OCCCC[C@H](C)Oc2ccc(NC(=O)CCC(F)(F)F)cc2C1=O. The second-order valence-corrected chi connectivity index (χ2v) is 11.7. The summed E-state index contributed by atoms with van der Waals surface area (Å²) in [7, 11) is 1.70. The molecule has 0 bridgehead atoms. The van der Waals surface area contributed by atoms with Crippen molar-refractivity contribution < 1.29 is 42.1 Å². The Hall–Kier alpha value is -3.64. The van der Waals surface area contributed by atoms with Crippen LogP contribution in [0.15, 0.2) is 48.5 Å². The van der Waals surface area contributed by atoms with Gasteiger partial charge in [0.2, 0.25) is 5.91 Å². The van der Waals surface area contributed by atoms with E-state index in [1.807, 2.05) is 19.9 Å². The molecular weight excluding hydrogens is 591 g/mol. The molecule has 0 saturated carbocycles. The second-order valence-electron chi connectivity index (χ2n) is 11.7. The fourth-order valence-electron chi connectivity index (χ4n) is 5.10. The van der Waals surface area contributed by atoms with Crippen LogP contribution in [0.4, 0.5) is 18.9 Å². The van der Waals surface area contributed by atoms with Crippen LogP contribution in [-0.2, 0) is 9.53 Å². The van der Waals surface area contributed by atoms with Gasteiger partial charge in [0.05, 0.1) is 36.8 Å². The molecule has 0 aliphatic carbocycles. The highest BCUT2D eigenvalue weighted by atomic mass is 19.4. The lowest BCUT2D eigenvalue weighted by molar-refractivity contribution is -0.142. The Morgan fingerprint density at radius 3 is 2.51 bits per heavy atom. The van der Waals surface area contributed by atoms with E-state index in [0.29, 0.717) is 18.6 Å². The average molecular weight is 636 g/mol. The summed E-state index contributed by atoms with van der Waals surface area (Å²) in [4.78, 5) is 42.6. The number of alkyl halides is 3. The summed E-state index contributed by atoms with van der Waals surface area (Å²) < 4.78 is 50.4. The highest BCUT2D eigenvalue weighted by molar-refractivity contribution is 5.99. The molecule has 12 heteroatoms. The number of amides is 3. The molecule has 2 aromatic carbocycles. The van der Waals surface area contributed by atoms with Crippen molar-refractivity contribution >= 4 is 23.4 Å². The van der Waals surface area contributed by atoms with Gasteiger partial charge in [-0.2, -0.15) is 13.2 Å². The molecule has 4 atom stereocenters. The molecule has 0 unspecified atom stereocenters. The van der Waals surface area contributed by atoms with Crippen LogP contribution in [-0.4, -0.2) is 90.4 Å². The number of carbonyl (C=O) groups is 3. The van der Waals surface area contributed by atoms with Gasteiger partial charge in [0.25, 0.3) is 11.8 Å². The van der Waals surface area contributed by atoms with Gasteiger partial charge in [-0.1, -0.05) is 25.1 Å². The van der Waals surface area contributed by atoms with Gasteiger partial charge in [-0.15, -0.1) is 0 Å². The number of hydrogen-bond donors (Lipinski definition) is 2. The molecule has 1 aliphatic rings. The topological polar surface area (TPSA) is 108 Å². The van der Waals surface area contributed by atoms with E-state index in [4.69, 9.17) is 9.47 Å². The van der Waals surface area contributed by atoms with E-state index in [0.717, 1.165) is 12.8 Å². The van der Waals surface area contributed by atoms with Crippen LogP contribution in [0.3, 0.4) is 0 Å². The number of benzene rings is 2. The average Bonchev–Trinajstić information content (AvgIpc) is 3.01. The first-order valence-corrected chi connectivity index (χ1v) is 15.3. The van der Waals surface area contributed by atoms with Crippen molar-refractivity contribution in [2.24, 2.45) is 5.92 Å². The zero-order valence-corrected chi connectivity index (χ0v) is 26.3. The molecule has 1 aliphatic heterocycles. The van der Waals surface area contributed by atoms with E-state index >= 15 is 0 Å². The van der Waals surface area contributed by atoms with Crippen molar-refractivity contribution in [2.75, 3.05) is 38.7 Å². The maximum absolute atomic E-state index is 14.1. The maximum Gasteiger partial charge on any atom is 0.389 e. The fraction of sp³-hybridized carbons (Fsp3) is 0.545. The van der Waals surface area contributed by atoms with Gasteiger partial charge in [0, 0.05) is 50.3 Å². The Kier molecular flexibility index (Phi) is 13.2. The summed E-state index contributed by atoms with van der Waals surface area (Å²) in [6.45, 7) is 6.03. The van der Waals surface area contributed by atoms with E-state index in [2.05, 4.69) is 5.32 Å². The third-order valence-electron chi connectivity index (χ3n) is 7.79. The van der Waals surface area contributed by atoms with Crippen LogP contribution >= 0.6 is 0 Å². The van der Waals surface area contributed by atoms with Crippen molar-refractivity contribution in [3.63, 3.8) is 0 Å². The number of aliphatic hydroxyl groups is 1. The van der Waals surface area contributed by atoms with Gasteiger partial charge in [-0.3, -0.25) is 14.4 Å². The van der Waals surface area contributed by atoms with Crippen molar-refractivity contribution in [1.29, 1.82) is 0 Å². The monoisotopic (exact) mass is 635 g/mol. The van der Waals surface area contributed by atoms with Gasteiger partial charge in [-0.25, -0.2) is 0 Å². The summed E-state index contributed by atoms with van der Waals surface area (Å²) in [5.41, 5.74) is 0.804. The molecule has 248 valence electrons. The first-order chi connectivity index (χ1) is 21.3. The second kappa shape index (κ2) is 16.6. The number of nitrogens with one attached hydrogen (secondary N) is 1. The third kappa shape index (κ3) is 11.0. The van der Waals surface area contributed by atoms with Crippen molar-refractivity contribution in [3.05, 3.63) is 59.7 Å². The van der Waals surface area contributed by atoms with Crippen molar-refractivity contribution in [1.82, 2.24) is 9.80 Å². The Labute approximate surface area is 262 Å². The molecule has 2 N–H and O–H groups in total. The van der Waals surface area contributed by atoms with Gasteiger partial charge in [-0.05, 0) is 63.4 Å². The first kappa shape index (κ1) is 35.8. The number of hydrogen-bond acceptors (Lipinski definition) is 6. The summed E-state index contributed by atoms with van der Waals surface area (Å²) in [6, 6.07) is 12.7. The molecule has 0 saturated heterocycles. The predicted octanol–water partition coefficient (Wildman–Crippen LogP) is 5.54. The number of likely N-dealkylation sites (N-methyl/N-ethyl adjacent to an activating group) is 1. The third-order valence-corrected chi connectivity index (χ3v) is 7.79. The Morgan fingerprint density at radius 2 is 1.84 bits per heavy atom. The Morgan fingerprint density at radius 1 is 1.13 bits per heavy atom. The van der Waals surface area contributed by atoms with Gasteiger partial charge >= 0.3 is 6.18 Å². The van der Waals surface area contributed by atoms with E-state index in [1.54, 1.807) is 43.1 Å². The van der Waals surface area contributed by atoms with Crippen LogP contribution in [0, 0.1) is 5.92 Å². The standard InChI is InChI=1S/C33H44F3N3O6/c1-22-19-39(23(2)21-40)32(43)27-18-26(37-30(41)15-16-33(34,35)36)13-14-28(27)45-24(3)10-8-9-17-44-29(22)20-38(4)31(42)25-11-6-5-7-12-25/h5-7,11-14,18,22-24,29,40H,8-10,15-17,19-21H2,1-4H3,(H,37,41)/t22-,23+,24-,29-/m0/s1. The first-order valence-electron chi connectivity index (χ1n) is 15.3. The molecule has 1 heterocycles. The molecule has 2 aromatic rings. The van der Waals surface area contributed by atoms with Crippen molar-refractivity contribution in [2.45, 2.75) is 77.3 Å². The number of aliphatic hydroxyl groups excluding tert-OH is 1. The van der Waals surface area contributed by atoms with Crippen LogP contribution in [0.25, 0.3) is 0 Å². The minimum absolute atomic E-state index is 0.105. The number of nitrogens with zero attached hydrogens (tertiary/aromatic N) is 2. The maximum atomic E-state index is 14.1. The predicted molar refractivity (Wildman–Crippen MR) is 164 cm³/mol. The lowest BCUT2D eigenvalue weighted by atomic mass is 10.0. The zero-order valence-electron chi connectivity index (χ0n) is 26.3. The van der Waals surface area contributed by atoms with Crippen LogP contribution in [0.5, 0.6) is 5.75 Å². The Bertz CT molecular complexity index is 1280. The summed E-state index contributed by atoms with van der Waals surface area (Å²) in [5, 5.41) is 12.6. The summed E-state index contributed by atoms with van der Waals surface area (Å²) in [5.74, 6) is -1.49. The number of halogens is 3. The number of rotatable bonds is 8. The molecule has 0 fully saturated rings. The fourth-order valence-corrected chi connectivity index (χ4v) is 5.10. The molecule has 0 spiro atoms. The quantitative estimate of drug-likeness (QED) is 0.395. The van der Waals surface area contributed by atoms with Gasteiger partial charge in [0.15, 0.2) is 0 Å². The smallest absolute Gasteiger partial charge is 0.389 e. The van der Waals surface area contributed by atoms with E-state index in [1.165, 1.54) is 23.1 Å². The zero-order chi connectivity index (χ0) is 33.1. The molecule has 0 radical (unpaired) electrons. The normalized spacial score (nSPS) is 20.8. The Balaban J connectivity index is 1.91. The van der Waals surface area contributed by atoms with E-state index < -0.39 is 43.0 Å². The molecule has 9 nitrogen and oxygen atoms in total. The van der Waals surface area contributed by atoms with Crippen LogP contribution < -0.4 is 10.1 Å². The lowest BCUT2D eigenvalue weighted by Crippen LogP contribution is -2.48. The summed E-state index contributed by atoms with van der Waals surface area (Å²) in [6.07, 6.45) is -5.01. The highest BCUT2D eigenvalue weighted by Crippen LogP contribution is 2.29. The van der Waals surface area contributed by atoms with E-state index in [-0.39, 0.29) is 54.6 Å². The van der Waals surface area contributed by atoms with Gasteiger partial charge < -0.3 is 29.7 Å². The highest BCUT2D eigenvalue weighted by Gasteiger charge is 2.32. The molecule has 45 heavy (non-hydrogen) atoms. The van der Waals surface area contributed by atoms with Crippen LogP contribution in [0.2, 0.25) is 0 Å². The molecule has 3 rings (SSSR count).